The second-order valence-electron chi connectivity index (χ2n) is 7.57. The van der Waals surface area contributed by atoms with Gasteiger partial charge in [-0.15, -0.1) is 0 Å². The fourth-order valence-corrected chi connectivity index (χ4v) is 2.87. The normalized spacial score (nSPS) is 10.8. The van der Waals surface area contributed by atoms with E-state index in [1.807, 2.05) is 5.32 Å². The molecule has 1 N–H and O–H groups in total. The van der Waals surface area contributed by atoms with Crippen LogP contribution in [0.5, 0.6) is 0 Å². The summed E-state index contributed by atoms with van der Waals surface area (Å²) in [6, 6.07) is 8.15. The second kappa shape index (κ2) is 10.2. The predicted molar refractivity (Wildman–Crippen MR) is 115 cm³/mol. The third-order valence-corrected chi connectivity index (χ3v) is 4.28. The highest BCUT2D eigenvalue weighted by Crippen LogP contribution is 2.20. The molecule has 0 unspecified atom stereocenters. The number of anilines is 1. The van der Waals surface area contributed by atoms with Crippen LogP contribution in [0.25, 0.3) is 0 Å². The van der Waals surface area contributed by atoms with Gasteiger partial charge in [-0.2, -0.15) is 0 Å². The van der Waals surface area contributed by atoms with Gasteiger partial charge in [-0.1, -0.05) is 17.7 Å². The SMILES string of the molecule is COC(=O)c1ccc(N(CC(=O)OC(C)(C)C)C(=O)NC(=O)c2c(F)cccc2Cl)cc1. The van der Waals surface area contributed by atoms with E-state index in [-0.39, 0.29) is 16.3 Å². The van der Waals surface area contributed by atoms with E-state index in [2.05, 4.69) is 4.74 Å². The Bertz CT molecular complexity index is 1010. The quantitative estimate of drug-likeness (QED) is 0.672. The van der Waals surface area contributed by atoms with Crippen LogP contribution < -0.4 is 10.2 Å². The summed E-state index contributed by atoms with van der Waals surface area (Å²) in [5.74, 6) is -3.34. The highest BCUT2D eigenvalue weighted by Gasteiger charge is 2.26. The van der Waals surface area contributed by atoms with Crippen LogP contribution >= 0.6 is 11.6 Å². The molecule has 32 heavy (non-hydrogen) atoms. The number of ether oxygens (including phenoxy) is 2. The summed E-state index contributed by atoms with van der Waals surface area (Å²) in [7, 11) is 1.22. The van der Waals surface area contributed by atoms with Gasteiger partial charge < -0.3 is 9.47 Å². The molecule has 170 valence electrons. The highest BCUT2D eigenvalue weighted by atomic mass is 35.5. The molecule has 2 aromatic rings. The van der Waals surface area contributed by atoms with Crippen molar-refractivity contribution in [2.45, 2.75) is 26.4 Å². The predicted octanol–water partition coefficient (Wildman–Crippen LogP) is 3.96. The number of hydrogen-bond donors (Lipinski definition) is 1. The van der Waals surface area contributed by atoms with Crippen LogP contribution in [-0.4, -0.2) is 43.1 Å². The van der Waals surface area contributed by atoms with Gasteiger partial charge in [0.15, 0.2) is 0 Å². The summed E-state index contributed by atoms with van der Waals surface area (Å²) in [5, 5.41) is 1.83. The van der Waals surface area contributed by atoms with Gasteiger partial charge in [-0.3, -0.25) is 19.8 Å². The lowest BCUT2D eigenvalue weighted by Gasteiger charge is -2.25. The molecule has 0 bridgehead atoms. The molecular formula is C22H22ClFN2O6. The van der Waals surface area contributed by atoms with E-state index in [9.17, 15) is 23.6 Å². The van der Waals surface area contributed by atoms with Gasteiger partial charge in [0, 0.05) is 5.69 Å². The van der Waals surface area contributed by atoms with Crippen LogP contribution in [0.2, 0.25) is 5.02 Å². The second-order valence-corrected chi connectivity index (χ2v) is 7.97. The van der Waals surface area contributed by atoms with E-state index in [0.717, 1.165) is 11.0 Å². The van der Waals surface area contributed by atoms with E-state index in [0.29, 0.717) is 0 Å². The van der Waals surface area contributed by atoms with Gasteiger partial charge in [-0.05, 0) is 57.2 Å². The minimum Gasteiger partial charge on any atom is -0.465 e. The van der Waals surface area contributed by atoms with Gasteiger partial charge in [0.1, 0.15) is 18.0 Å². The Morgan fingerprint density at radius 2 is 1.69 bits per heavy atom. The Labute approximate surface area is 189 Å². The number of imide groups is 1. The van der Waals surface area contributed by atoms with E-state index in [4.69, 9.17) is 16.3 Å². The summed E-state index contributed by atoms with van der Waals surface area (Å²) >= 11 is 5.88. The van der Waals surface area contributed by atoms with Gasteiger partial charge >= 0.3 is 18.0 Å². The summed E-state index contributed by atoms with van der Waals surface area (Å²) in [5.41, 5.74) is -0.942. The van der Waals surface area contributed by atoms with Gasteiger partial charge in [0.25, 0.3) is 5.91 Å². The smallest absolute Gasteiger partial charge is 0.337 e. The minimum atomic E-state index is -1.08. The third-order valence-electron chi connectivity index (χ3n) is 3.96. The minimum absolute atomic E-state index is 0.174. The molecule has 2 rings (SSSR count). The Hall–Kier alpha value is -3.46. The number of urea groups is 1. The molecule has 0 fully saturated rings. The zero-order valence-electron chi connectivity index (χ0n) is 17.9. The molecule has 10 heteroatoms. The molecule has 0 aliphatic carbocycles. The first-order chi connectivity index (χ1) is 14.9. The van der Waals surface area contributed by atoms with Gasteiger partial charge in [0.05, 0.1) is 23.3 Å². The van der Waals surface area contributed by atoms with Crippen LogP contribution in [0, 0.1) is 5.82 Å². The van der Waals surface area contributed by atoms with Crippen LogP contribution in [0.15, 0.2) is 42.5 Å². The standard InChI is InChI=1S/C22H22ClFN2O6/c1-22(2,3)32-17(27)12-26(14-10-8-13(9-11-14)20(29)31-4)21(30)25-19(28)18-15(23)6-5-7-16(18)24/h5-11H,12H2,1-4H3,(H,25,28,30). The summed E-state index contributed by atoms with van der Waals surface area (Å²) in [4.78, 5) is 50.2. The number of carbonyl (C=O) groups excluding carboxylic acids is 4. The monoisotopic (exact) mass is 464 g/mol. The number of esters is 2. The van der Waals surface area contributed by atoms with Crippen molar-refractivity contribution >= 4 is 41.2 Å². The zero-order chi connectivity index (χ0) is 24.1. The number of methoxy groups -OCH3 is 1. The fourth-order valence-electron chi connectivity index (χ4n) is 2.62. The number of halogens is 2. The first kappa shape index (κ1) is 24.8. The van der Waals surface area contributed by atoms with E-state index in [1.54, 1.807) is 20.8 Å². The number of carbonyl (C=O) groups is 4. The van der Waals surface area contributed by atoms with Crippen molar-refractivity contribution < 1.29 is 33.0 Å². The van der Waals surface area contributed by atoms with Crippen molar-refractivity contribution in [2.75, 3.05) is 18.6 Å². The molecule has 0 aliphatic rings. The number of nitrogens with one attached hydrogen (secondary N) is 1. The Kier molecular flexibility index (Phi) is 7.93. The zero-order valence-corrected chi connectivity index (χ0v) is 18.7. The molecule has 0 atom stereocenters. The lowest BCUT2D eigenvalue weighted by molar-refractivity contribution is -0.152. The summed E-state index contributed by atoms with van der Waals surface area (Å²) in [6.07, 6.45) is 0. The van der Waals surface area contributed by atoms with Crippen molar-refractivity contribution in [2.24, 2.45) is 0 Å². The molecule has 3 amide bonds. The first-order valence-electron chi connectivity index (χ1n) is 9.40. The van der Waals surface area contributed by atoms with Crippen LogP contribution in [0.1, 0.15) is 41.5 Å². The highest BCUT2D eigenvalue weighted by molar-refractivity contribution is 6.34. The van der Waals surface area contributed by atoms with Crippen molar-refractivity contribution in [1.82, 2.24) is 5.32 Å². The van der Waals surface area contributed by atoms with Crippen molar-refractivity contribution in [1.29, 1.82) is 0 Å². The molecule has 0 aliphatic heterocycles. The Morgan fingerprint density at radius 3 is 2.22 bits per heavy atom. The van der Waals surface area contributed by atoms with Crippen LogP contribution in [0.4, 0.5) is 14.9 Å². The molecule has 8 nitrogen and oxygen atoms in total. The average molecular weight is 465 g/mol. The lowest BCUT2D eigenvalue weighted by atomic mass is 10.2. The molecule has 0 spiro atoms. The molecule has 0 heterocycles. The van der Waals surface area contributed by atoms with Crippen LogP contribution in [-0.2, 0) is 14.3 Å². The maximum Gasteiger partial charge on any atom is 0.337 e. The fraction of sp³-hybridized carbons (Fsp3) is 0.273. The first-order valence-corrected chi connectivity index (χ1v) is 9.78. The Morgan fingerprint density at radius 1 is 1.06 bits per heavy atom. The van der Waals surface area contributed by atoms with E-state index in [1.165, 1.54) is 43.5 Å². The number of benzene rings is 2. The number of amides is 3. The third kappa shape index (κ3) is 6.52. The molecule has 2 aromatic carbocycles. The summed E-state index contributed by atoms with van der Waals surface area (Å²) < 4.78 is 23.9. The largest absolute Gasteiger partial charge is 0.465 e. The van der Waals surface area contributed by atoms with Crippen molar-refractivity contribution in [3.63, 3.8) is 0 Å². The van der Waals surface area contributed by atoms with Gasteiger partial charge in [-0.25, -0.2) is 14.0 Å². The molecular weight excluding hydrogens is 443 g/mol. The topological polar surface area (TPSA) is 102 Å². The van der Waals surface area contributed by atoms with E-state index < -0.39 is 47.4 Å². The Balaban J connectivity index is 2.32. The number of nitrogens with zero attached hydrogens (tertiary/aromatic N) is 1. The van der Waals surface area contributed by atoms with Crippen molar-refractivity contribution in [3.8, 4) is 0 Å². The van der Waals surface area contributed by atoms with Gasteiger partial charge in [0.2, 0.25) is 0 Å². The molecule has 0 radical (unpaired) electrons. The number of hydrogen-bond acceptors (Lipinski definition) is 6. The molecule has 0 saturated carbocycles. The number of rotatable bonds is 5. The molecule has 0 aromatic heterocycles. The average Bonchev–Trinajstić information content (AvgIpc) is 2.70. The summed E-state index contributed by atoms with van der Waals surface area (Å²) in [6.45, 7) is 4.41. The maximum absolute atomic E-state index is 14.0. The molecule has 0 saturated heterocycles. The maximum atomic E-state index is 14.0. The van der Waals surface area contributed by atoms with Crippen LogP contribution in [0.3, 0.4) is 0 Å². The lowest BCUT2D eigenvalue weighted by Crippen LogP contribution is -2.46. The van der Waals surface area contributed by atoms with Crippen molar-refractivity contribution in [3.05, 3.63) is 64.4 Å². The van der Waals surface area contributed by atoms with E-state index >= 15 is 0 Å².